The van der Waals surface area contributed by atoms with Crippen LogP contribution >= 0.6 is 0 Å². The van der Waals surface area contributed by atoms with Gasteiger partial charge in [-0.3, -0.25) is 0 Å². The lowest BCUT2D eigenvalue weighted by Gasteiger charge is -2.35. The highest BCUT2D eigenvalue weighted by Crippen LogP contribution is 2.30. The van der Waals surface area contributed by atoms with Crippen LogP contribution in [-0.2, 0) is 9.53 Å². The summed E-state index contributed by atoms with van der Waals surface area (Å²) in [4.78, 5) is 10.2. The number of hydrogen-bond acceptors (Lipinski definition) is 2. The molecule has 1 saturated heterocycles. The standard InChI is InChI=1S/C10H18O2/c1-10(2)8-9(4-3-6-11)5-7-12-10/h6,9H,3-5,7-8H2,1-2H3. The highest BCUT2D eigenvalue weighted by atomic mass is 16.5. The molecule has 0 radical (unpaired) electrons. The summed E-state index contributed by atoms with van der Waals surface area (Å²) >= 11 is 0. The lowest BCUT2D eigenvalue weighted by Crippen LogP contribution is -2.33. The van der Waals surface area contributed by atoms with Crippen LogP contribution in [-0.4, -0.2) is 18.5 Å². The van der Waals surface area contributed by atoms with Crippen LogP contribution in [0.5, 0.6) is 0 Å². The Labute approximate surface area is 74.3 Å². The second kappa shape index (κ2) is 4.04. The third-order valence-corrected chi connectivity index (χ3v) is 2.49. The molecule has 1 fully saturated rings. The van der Waals surface area contributed by atoms with Crippen LogP contribution < -0.4 is 0 Å². The van der Waals surface area contributed by atoms with Gasteiger partial charge in [-0.1, -0.05) is 0 Å². The quantitative estimate of drug-likeness (QED) is 0.607. The first kappa shape index (κ1) is 9.72. The van der Waals surface area contributed by atoms with E-state index in [0.29, 0.717) is 12.3 Å². The molecule has 2 heteroatoms. The van der Waals surface area contributed by atoms with Crippen LogP contribution in [0.2, 0.25) is 0 Å². The maximum Gasteiger partial charge on any atom is 0.120 e. The molecule has 0 aromatic rings. The molecule has 1 aliphatic rings. The van der Waals surface area contributed by atoms with Crippen molar-refractivity contribution in [3.63, 3.8) is 0 Å². The highest BCUT2D eigenvalue weighted by Gasteiger charge is 2.28. The Hall–Kier alpha value is -0.370. The first-order valence-corrected chi connectivity index (χ1v) is 4.72. The summed E-state index contributed by atoms with van der Waals surface area (Å²) in [5.41, 5.74) is 0.0335. The molecule has 0 N–H and O–H groups in total. The van der Waals surface area contributed by atoms with Gasteiger partial charge in [0.25, 0.3) is 0 Å². The third kappa shape index (κ3) is 2.94. The van der Waals surface area contributed by atoms with E-state index in [0.717, 1.165) is 32.2 Å². The number of carbonyl (C=O) groups is 1. The van der Waals surface area contributed by atoms with Gasteiger partial charge in [0.1, 0.15) is 6.29 Å². The predicted molar refractivity (Wildman–Crippen MR) is 48.1 cm³/mol. The second-order valence-corrected chi connectivity index (χ2v) is 4.21. The minimum atomic E-state index is 0.0335. The van der Waals surface area contributed by atoms with Crippen molar-refractivity contribution < 1.29 is 9.53 Å². The van der Waals surface area contributed by atoms with Crippen LogP contribution in [0.1, 0.15) is 39.5 Å². The third-order valence-electron chi connectivity index (χ3n) is 2.49. The largest absolute Gasteiger partial charge is 0.376 e. The van der Waals surface area contributed by atoms with Gasteiger partial charge in [0.15, 0.2) is 0 Å². The smallest absolute Gasteiger partial charge is 0.120 e. The molecule has 1 unspecified atom stereocenters. The Morgan fingerprint density at radius 3 is 2.92 bits per heavy atom. The Balaban J connectivity index is 2.31. The summed E-state index contributed by atoms with van der Waals surface area (Å²) in [7, 11) is 0. The molecule has 70 valence electrons. The predicted octanol–water partition coefficient (Wildman–Crippen LogP) is 2.17. The van der Waals surface area contributed by atoms with Crippen molar-refractivity contribution in [2.75, 3.05) is 6.61 Å². The Morgan fingerprint density at radius 2 is 2.33 bits per heavy atom. The van der Waals surface area contributed by atoms with Gasteiger partial charge in [-0.2, -0.15) is 0 Å². The Kier molecular flexibility index (Phi) is 3.27. The number of hydrogen-bond donors (Lipinski definition) is 0. The SMILES string of the molecule is CC1(C)CC(CCC=O)CCO1. The minimum absolute atomic E-state index is 0.0335. The Bertz CT molecular complexity index is 152. The first-order valence-electron chi connectivity index (χ1n) is 4.72. The zero-order valence-electron chi connectivity index (χ0n) is 8.01. The van der Waals surface area contributed by atoms with E-state index in [1.807, 2.05) is 0 Å². The highest BCUT2D eigenvalue weighted by molar-refractivity contribution is 5.49. The molecule has 1 atom stereocenters. The van der Waals surface area contributed by atoms with Crippen molar-refractivity contribution >= 4 is 6.29 Å². The summed E-state index contributed by atoms with van der Waals surface area (Å²) in [6.07, 6.45) is 4.98. The maximum absolute atomic E-state index is 10.2. The fraction of sp³-hybridized carbons (Fsp3) is 0.900. The maximum atomic E-state index is 10.2. The van der Waals surface area contributed by atoms with E-state index in [9.17, 15) is 4.79 Å². The molecule has 0 aromatic heterocycles. The zero-order valence-corrected chi connectivity index (χ0v) is 8.01. The molecular weight excluding hydrogens is 152 g/mol. The number of carbonyl (C=O) groups excluding carboxylic acids is 1. The summed E-state index contributed by atoms with van der Waals surface area (Å²) in [6.45, 7) is 5.11. The number of rotatable bonds is 3. The molecule has 0 aliphatic carbocycles. The van der Waals surface area contributed by atoms with Gasteiger partial charge in [0, 0.05) is 13.0 Å². The van der Waals surface area contributed by atoms with Crippen molar-refractivity contribution in [1.29, 1.82) is 0 Å². The van der Waals surface area contributed by atoms with Gasteiger partial charge in [-0.25, -0.2) is 0 Å². The molecule has 0 saturated carbocycles. The van der Waals surface area contributed by atoms with Crippen molar-refractivity contribution in [1.82, 2.24) is 0 Å². The van der Waals surface area contributed by atoms with E-state index in [1.165, 1.54) is 0 Å². The van der Waals surface area contributed by atoms with E-state index in [2.05, 4.69) is 13.8 Å². The summed E-state index contributed by atoms with van der Waals surface area (Å²) in [5, 5.41) is 0. The lowest BCUT2D eigenvalue weighted by molar-refractivity contribution is -0.109. The molecule has 1 rings (SSSR count). The van der Waals surface area contributed by atoms with E-state index in [1.54, 1.807) is 0 Å². The summed E-state index contributed by atoms with van der Waals surface area (Å²) in [5.74, 6) is 0.693. The van der Waals surface area contributed by atoms with E-state index in [-0.39, 0.29) is 5.60 Å². The molecule has 2 nitrogen and oxygen atoms in total. The topological polar surface area (TPSA) is 26.3 Å². The van der Waals surface area contributed by atoms with E-state index >= 15 is 0 Å². The molecule has 0 bridgehead atoms. The molecule has 1 aliphatic heterocycles. The average Bonchev–Trinajstić information content (AvgIpc) is 1.99. The number of aldehydes is 1. The number of ether oxygens (including phenoxy) is 1. The minimum Gasteiger partial charge on any atom is -0.376 e. The van der Waals surface area contributed by atoms with E-state index in [4.69, 9.17) is 4.74 Å². The lowest BCUT2D eigenvalue weighted by atomic mass is 9.86. The zero-order chi connectivity index (χ0) is 9.03. The van der Waals surface area contributed by atoms with Crippen molar-refractivity contribution in [3.05, 3.63) is 0 Å². The Morgan fingerprint density at radius 1 is 1.58 bits per heavy atom. The summed E-state index contributed by atoms with van der Waals surface area (Å²) < 4.78 is 5.59. The van der Waals surface area contributed by atoms with Gasteiger partial charge in [0.05, 0.1) is 5.60 Å². The van der Waals surface area contributed by atoms with Crippen LogP contribution in [0.4, 0.5) is 0 Å². The van der Waals surface area contributed by atoms with Crippen LogP contribution in [0.3, 0.4) is 0 Å². The van der Waals surface area contributed by atoms with Gasteiger partial charge < -0.3 is 9.53 Å². The normalized spacial score (nSPS) is 28.3. The molecule has 0 spiro atoms. The molecule has 1 heterocycles. The van der Waals surface area contributed by atoms with Crippen LogP contribution in [0, 0.1) is 5.92 Å². The first-order chi connectivity index (χ1) is 5.64. The fourth-order valence-electron chi connectivity index (χ4n) is 1.91. The van der Waals surface area contributed by atoms with Gasteiger partial charge in [-0.15, -0.1) is 0 Å². The molecule has 0 amide bonds. The summed E-state index contributed by atoms with van der Waals surface area (Å²) in [6, 6.07) is 0. The molecule has 12 heavy (non-hydrogen) atoms. The second-order valence-electron chi connectivity index (χ2n) is 4.21. The average molecular weight is 170 g/mol. The van der Waals surface area contributed by atoms with E-state index < -0.39 is 0 Å². The molecular formula is C10H18O2. The van der Waals surface area contributed by atoms with Gasteiger partial charge >= 0.3 is 0 Å². The fourth-order valence-corrected chi connectivity index (χ4v) is 1.91. The monoisotopic (exact) mass is 170 g/mol. The van der Waals surface area contributed by atoms with Gasteiger partial charge in [0.2, 0.25) is 0 Å². The van der Waals surface area contributed by atoms with Crippen molar-refractivity contribution in [2.45, 2.75) is 45.1 Å². The van der Waals surface area contributed by atoms with Crippen LogP contribution in [0.25, 0.3) is 0 Å². The molecule has 0 aromatic carbocycles. The van der Waals surface area contributed by atoms with Crippen molar-refractivity contribution in [3.8, 4) is 0 Å². The van der Waals surface area contributed by atoms with Crippen LogP contribution in [0.15, 0.2) is 0 Å². The van der Waals surface area contributed by atoms with Crippen molar-refractivity contribution in [2.24, 2.45) is 5.92 Å². The van der Waals surface area contributed by atoms with Gasteiger partial charge in [-0.05, 0) is 39.0 Å².